The lowest BCUT2D eigenvalue weighted by Crippen LogP contribution is -2.49. The van der Waals surface area contributed by atoms with Crippen molar-refractivity contribution in [3.63, 3.8) is 0 Å². The van der Waals surface area contributed by atoms with Gasteiger partial charge in [0, 0.05) is 11.7 Å². The smallest absolute Gasteiger partial charge is 0.322 e. The maximum atomic E-state index is 13.4. The van der Waals surface area contributed by atoms with Gasteiger partial charge >= 0.3 is 6.03 Å². The number of halogens is 1. The maximum absolute atomic E-state index is 13.4. The molecule has 1 fully saturated rings. The van der Waals surface area contributed by atoms with E-state index in [1.54, 1.807) is 42.2 Å². The summed E-state index contributed by atoms with van der Waals surface area (Å²) >= 11 is 0. The lowest BCUT2D eigenvalue weighted by Gasteiger charge is -2.36. The molecule has 29 heavy (non-hydrogen) atoms. The first kappa shape index (κ1) is 19.0. The van der Waals surface area contributed by atoms with E-state index in [9.17, 15) is 14.0 Å². The van der Waals surface area contributed by atoms with Crippen LogP contribution in [0.2, 0.25) is 0 Å². The van der Waals surface area contributed by atoms with Crippen LogP contribution in [0.1, 0.15) is 31.4 Å². The predicted molar refractivity (Wildman–Crippen MR) is 107 cm³/mol. The van der Waals surface area contributed by atoms with Gasteiger partial charge in [-0.1, -0.05) is 24.3 Å². The molecule has 0 aromatic heterocycles. The third-order valence-corrected chi connectivity index (χ3v) is 5.24. The van der Waals surface area contributed by atoms with Crippen LogP contribution < -0.4 is 15.4 Å². The van der Waals surface area contributed by atoms with E-state index >= 15 is 0 Å². The molecule has 1 aliphatic heterocycles. The quantitative estimate of drug-likeness (QED) is 0.805. The number of nitrogens with one attached hydrogen (secondary N) is 2. The molecular weight excluding hydrogens is 373 g/mol. The normalized spacial score (nSPS) is 19.1. The lowest BCUT2D eigenvalue weighted by molar-refractivity contribution is -0.113. The van der Waals surface area contributed by atoms with Crippen LogP contribution >= 0.6 is 0 Å². The SMILES string of the molecule is COc1ccccc1NC(=O)C1=C(C)N(C2CC2)C(=O)N[C@@H]1c1ccc(F)cc1. The third kappa shape index (κ3) is 3.68. The molecule has 1 aliphatic carbocycles. The summed E-state index contributed by atoms with van der Waals surface area (Å²) in [6, 6.07) is 12.1. The van der Waals surface area contributed by atoms with Gasteiger partial charge in [0.05, 0.1) is 24.4 Å². The minimum Gasteiger partial charge on any atom is -0.495 e. The third-order valence-electron chi connectivity index (χ3n) is 5.24. The van der Waals surface area contributed by atoms with Crippen molar-refractivity contribution >= 4 is 17.6 Å². The minimum absolute atomic E-state index is 0.109. The van der Waals surface area contributed by atoms with E-state index in [-0.39, 0.29) is 23.8 Å². The Morgan fingerprint density at radius 1 is 1.17 bits per heavy atom. The Kier molecular flexibility index (Phi) is 4.96. The van der Waals surface area contributed by atoms with Gasteiger partial charge in [0.25, 0.3) is 5.91 Å². The zero-order chi connectivity index (χ0) is 20.5. The molecule has 4 rings (SSSR count). The number of hydrogen-bond acceptors (Lipinski definition) is 3. The van der Waals surface area contributed by atoms with Crippen molar-refractivity contribution in [3.05, 3.63) is 71.2 Å². The molecule has 7 heteroatoms. The molecule has 0 bridgehead atoms. The number of para-hydroxylation sites is 2. The van der Waals surface area contributed by atoms with Crippen LogP contribution in [0.25, 0.3) is 0 Å². The van der Waals surface area contributed by atoms with E-state index in [2.05, 4.69) is 10.6 Å². The highest BCUT2D eigenvalue weighted by molar-refractivity contribution is 6.07. The molecule has 1 atom stereocenters. The summed E-state index contributed by atoms with van der Waals surface area (Å²) in [6.45, 7) is 1.78. The van der Waals surface area contributed by atoms with E-state index in [1.807, 2.05) is 6.07 Å². The number of hydrogen-bond donors (Lipinski definition) is 2. The summed E-state index contributed by atoms with van der Waals surface area (Å²) in [7, 11) is 1.53. The average Bonchev–Trinajstić information content (AvgIpc) is 3.53. The van der Waals surface area contributed by atoms with Gasteiger partial charge in [0.15, 0.2) is 0 Å². The van der Waals surface area contributed by atoms with Gasteiger partial charge in [-0.05, 0) is 49.6 Å². The lowest BCUT2D eigenvalue weighted by atomic mass is 9.94. The van der Waals surface area contributed by atoms with E-state index in [4.69, 9.17) is 4.74 Å². The Balaban J connectivity index is 1.74. The summed E-state index contributed by atoms with van der Waals surface area (Å²) < 4.78 is 18.7. The Hall–Kier alpha value is -3.35. The zero-order valence-electron chi connectivity index (χ0n) is 16.2. The number of anilines is 1. The number of methoxy groups -OCH3 is 1. The molecule has 2 aliphatic rings. The van der Waals surface area contributed by atoms with Crippen LogP contribution in [-0.4, -0.2) is 30.0 Å². The monoisotopic (exact) mass is 395 g/mol. The van der Waals surface area contributed by atoms with Crippen molar-refractivity contribution in [2.45, 2.75) is 31.8 Å². The maximum Gasteiger partial charge on any atom is 0.322 e. The number of amides is 3. The Bertz CT molecular complexity index is 983. The molecule has 0 radical (unpaired) electrons. The van der Waals surface area contributed by atoms with Gasteiger partial charge in [-0.25, -0.2) is 9.18 Å². The number of carbonyl (C=O) groups is 2. The van der Waals surface area contributed by atoms with Crippen LogP contribution in [0.5, 0.6) is 5.75 Å². The highest BCUT2D eigenvalue weighted by Gasteiger charge is 2.42. The molecule has 6 nitrogen and oxygen atoms in total. The fraction of sp³-hybridized carbons (Fsp3) is 0.273. The Morgan fingerprint density at radius 3 is 2.52 bits per heavy atom. The molecule has 2 aromatic rings. The fourth-order valence-electron chi connectivity index (χ4n) is 3.67. The van der Waals surface area contributed by atoms with Crippen LogP contribution in [0, 0.1) is 5.82 Å². The second-order valence-corrected chi connectivity index (χ2v) is 7.19. The van der Waals surface area contributed by atoms with Crippen LogP contribution in [0.15, 0.2) is 59.8 Å². The minimum atomic E-state index is -0.673. The second-order valence-electron chi connectivity index (χ2n) is 7.19. The molecule has 0 unspecified atom stereocenters. The highest BCUT2D eigenvalue weighted by atomic mass is 19.1. The first-order valence-corrected chi connectivity index (χ1v) is 9.50. The number of urea groups is 1. The van der Waals surface area contributed by atoms with E-state index in [0.29, 0.717) is 28.3 Å². The van der Waals surface area contributed by atoms with Crippen molar-refractivity contribution in [1.82, 2.24) is 10.2 Å². The molecule has 0 spiro atoms. The summed E-state index contributed by atoms with van der Waals surface area (Å²) in [5, 5.41) is 5.81. The summed E-state index contributed by atoms with van der Waals surface area (Å²) in [5.41, 5.74) is 2.21. The van der Waals surface area contributed by atoms with Gasteiger partial charge < -0.3 is 15.4 Å². The van der Waals surface area contributed by atoms with Gasteiger partial charge in [0.1, 0.15) is 11.6 Å². The van der Waals surface area contributed by atoms with Crippen LogP contribution in [0.3, 0.4) is 0 Å². The number of nitrogens with zero attached hydrogens (tertiary/aromatic N) is 1. The van der Waals surface area contributed by atoms with Gasteiger partial charge in [0.2, 0.25) is 0 Å². The largest absolute Gasteiger partial charge is 0.495 e. The Morgan fingerprint density at radius 2 is 1.86 bits per heavy atom. The number of ether oxygens (including phenoxy) is 1. The molecule has 1 saturated carbocycles. The molecule has 150 valence electrons. The zero-order valence-corrected chi connectivity index (χ0v) is 16.2. The van der Waals surface area contributed by atoms with Crippen molar-refractivity contribution in [1.29, 1.82) is 0 Å². The number of benzene rings is 2. The van der Waals surface area contributed by atoms with Gasteiger partial charge in [-0.3, -0.25) is 9.69 Å². The standard InChI is InChI=1S/C22H22FN3O3/c1-13-19(21(27)24-17-5-3-4-6-18(17)29-2)20(14-7-9-15(23)10-8-14)25-22(28)26(13)16-11-12-16/h3-10,16,20H,11-12H2,1-2H3,(H,24,27)(H,25,28)/t20-/m1/s1. The molecule has 2 N–H and O–H groups in total. The summed E-state index contributed by atoms with van der Waals surface area (Å²) in [4.78, 5) is 27.7. The second kappa shape index (κ2) is 7.58. The van der Waals surface area contributed by atoms with Crippen molar-refractivity contribution in [3.8, 4) is 5.75 Å². The van der Waals surface area contributed by atoms with Crippen molar-refractivity contribution < 1.29 is 18.7 Å². The molecule has 0 saturated heterocycles. The first-order chi connectivity index (χ1) is 14.0. The average molecular weight is 395 g/mol. The summed E-state index contributed by atoms with van der Waals surface area (Å²) in [6.07, 6.45) is 1.82. The van der Waals surface area contributed by atoms with E-state index < -0.39 is 6.04 Å². The van der Waals surface area contributed by atoms with Crippen LogP contribution in [0.4, 0.5) is 14.9 Å². The van der Waals surface area contributed by atoms with E-state index in [0.717, 1.165) is 12.8 Å². The molecule has 2 aromatic carbocycles. The number of rotatable bonds is 5. The Labute approximate surface area is 168 Å². The molecular formula is C22H22FN3O3. The van der Waals surface area contributed by atoms with E-state index in [1.165, 1.54) is 19.2 Å². The topological polar surface area (TPSA) is 70.7 Å². The van der Waals surface area contributed by atoms with Crippen molar-refractivity contribution in [2.24, 2.45) is 0 Å². The van der Waals surface area contributed by atoms with Crippen molar-refractivity contribution in [2.75, 3.05) is 12.4 Å². The van der Waals surface area contributed by atoms with Gasteiger partial charge in [-0.15, -0.1) is 0 Å². The number of allylic oxidation sites excluding steroid dienone is 1. The predicted octanol–water partition coefficient (Wildman–Crippen LogP) is 3.98. The summed E-state index contributed by atoms with van der Waals surface area (Å²) in [5.74, 6) is -0.181. The fourth-order valence-corrected chi connectivity index (χ4v) is 3.67. The molecule has 1 heterocycles. The number of carbonyl (C=O) groups excluding carboxylic acids is 2. The van der Waals surface area contributed by atoms with Crippen LogP contribution in [-0.2, 0) is 4.79 Å². The highest BCUT2D eigenvalue weighted by Crippen LogP contribution is 2.38. The first-order valence-electron chi connectivity index (χ1n) is 9.50. The van der Waals surface area contributed by atoms with Gasteiger partial charge in [-0.2, -0.15) is 0 Å². The molecule has 3 amide bonds.